The van der Waals surface area contributed by atoms with Gasteiger partial charge in [-0.25, -0.2) is 4.79 Å². The molecular weight excluding hydrogens is 510 g/mol. The van der Waals surface area contributed by atoms with E-state index in [1.807, 2.05) is 13.8 Å². The number of hydrogen-bond acceptors (Lipinski definition) is 3. The Labute approximate surface area is 249 Å². The molecule has 2 N–H and O–H groups in total. The molecule has 5 aliphatic rings. The first-order chi connectivity index (χ1) is 18.8. The van der Waals surface area contributed by atoms with Crippen molar-refractivity contribution in [2.45, 2.75) is 139 Å². The van der Waals surface area contributed by atoms with E-state index in [1.54, 1.807) is 0 Å². The van der Waals surface area contributed by atoms with E-state index in [2.05, 4.69) is 59.9 Å². The smallest absolute Gasteiger partial charge is 0.326 e. The van der Waals surface area contributed by atoms with Crippen molar-refractivity contribution in [2.24, 2.45) is 56.2 Å². The lowest BCUT2D eigenvalue weighted by molar-refractivity contribution is -0.186. The Hall–Kier alpha value is -1.65. The van der Waals surface area contributed by atoms with E-state index in [-0.39, 0.29) is 44.8 Å². The van der Waals surface area contributed by atoms with Gasteiger partial charge >= 0.3 is 5.97 Å². The Morgan fingerprint density at radius 1 is 0.951 bits per heavy atom. The van der Waals surface area contributed by atoms with Crippen LogP contribution in [0.3, 0.4) is 0 Å². The standard InChI is InChI=1S/C36H57NO4/c1-22(2)20-25(29(39)40)37-30(41)36-18-16-31(3,4)21-24(36)23-10-11-27-33(7)14-13-28(38)32(5,6)26(33)12-15-35(27,9)34(23,8)17-19-36/h10,22,24-27H,11-21H2,1-9H3,(H,37,41)(H,39,40)/t24-,25-,26-,27+,33-,34+,35+,36-/m0/s1. The summed E-state index contributed by atoms with van der Waals surface area (Å²) >= 11 is 0. The summed E-state index contributed by atoms with van der Waals surface area (Å²) in [7, 11) is 0. The minimum absolute atomic E-state index is 0.00148. The molecule has 1 amide bonds. The van der Waals surface area contributed by atoms with Gasteiger partial charge in [0.2, 0.25) is 5.91 Å². The number of fused-ring (bicyclic) bond motifs is 7. The van der Waals surface area contributed by atoms with Gasteiger partial charge in [0.25, 0.3) is 0 Å². The number of nitrogens with one attached hydrogen (secondary N) is 1. The summed E-state index contributed by atoms with van der Waals surface area (Å²) in [6.45, 7) is 20.7. The molecule has 0 radical (unpaired) electrons. The third kappa shape index (κ3) is 4.40. The van der Waals surface area contributed by atoms with Gasteiger partial charge in [-0.3, -0.25) is 9.59 Å². The molecule has 5 heteroatoms. The van der Waals surface area contributed by atoms with Gasteiger partial charge in [0.1, 0.15) is 11.8 Å². The predicted molar refractivity (Wildman–Crippen MR) is 163 cm³/mol. The molecule has 5 rings (SSSR count). The van der Waals surface area contributed by atoms with E-state index < -0.39 is 17.4 Å². The number of allylic oxidation sites excluding steroid dienone is 2. The van der Waals surface area contributed by atoms with Crippen LogP contribution in [0.2, 0.25) is 0 Å². The Morgan fingerprint density at radius 2 is 1.61 bits per heavy atom. The molecule has 8 atom stereocenters. The fraction of sp³-hybridized carbons (Fsp3) is 0.861. The van der Waals surface area contributed by atoms with E-state index in [9.17, 15) is 19.5 Å². The molecule has 0 heterocycles. The molecule has 41 heavy (non-hydrogen) atoms. The zero-order valence-electron chi connectivity index (χ0n) is 27.4. The average Bonchev–Trinajstić information content (AvgIpc) is 2.86. The third-order valence-corrected chi connectivity index (χ3v) is 14.1. The van der Waals surface area contributed by atoms with Crippen LogP contribution < -0.4 is 5.32 Å². The monoisotopic (exact) mass is 567 g/mol. The maximum Gasteiger partial charge on any atom is 0.326 e. The molecule has 0 aromatic heterocycles. The molecule has 0 saturated heterocycles. The van der Waals surface area contributed by atoms with Gasteiger partial charge in [0.15, 0.2) is 0 Å². The summed E-state index contributed by atoms with van der Waals surface area (Å²) in [6.07, 6.45) is 12.6. The zero-order valence-corrected chi connectivity index (χ0v) is 27.4. The summed E-state index contributed by atoms with van der Waals surface area (Å²) in [5.74, 6) is 0.772. The number of carbonyl (C=O) groups excluding carboxylic acids is 2. The number of carboxylic acid groups (broad SMARTS) is 1. The van der Waals surface area contributed by atoms with Gasteiger partial charge in [-0.1, -0.05) is 74.0 Å². The van der Waals surface area contributed by atoms with Crippen LogP contribution >= 0.6 is 0 Å². The van der Waals surface area contributed by atoms with E-state index in [0.29, 0.717) is 30.5 Å². The summed E-state index contributed by atoms with van der Waals surface area (Å²) in [5.41, 5.74) is 1.10. The van der Waals surface area contributed by atoms with Crippen molar-refractivity contribution < 1.29 is 19.5 Å². The minimum atomic E-state index is -0.928. The van der Waals surface area contributed by atoms with Crippen LogP contribution in [0.4, 0.5) is 0 Å². The number of Topliss-reactive ketones (excluding diaryl/α,β-unsaturated/α-hetero) is 1. The molecule has 0 aliphatic heterocycles. The van der Waals surface area contributed by atoms with E-state index in [1.165, 1.54) is 5.57 Å². The molecule has 0 bridgehead atoms. The van der Waals surface area contributed by atoms with Gasteiger partial charge in [-0.05, 0) is 110 Å². The second-order valence-corrected chi connectivity index (χ2v) is 17.5. The summed E-state index contributed by atoms with van der Waals surface area (Å²) in [6, 6.07) is -0.837. The number of carbonyl (C=O) groups is 3. The number of hydrogen-bond donors (Lipinski definition) is 2. The molecule has 230 valence electrons. The summed E-state index contributed by atoms with van der Waals surface area (Å²) in [4.78, 5) is 39.5. The van der Waals surface area contributed by atoms with Crippen molar-refractivity contribution in [1.82, 2.24) is 5.32 Å². The molecule has 0 aromatic carbocycles. The van der Waals surface area contributed by atoms with Crippen LogP contribution in [0, 0.1) is 56.2 Å². The first kappa shape index (κ1) is 30.8. The highest BCUT2D eigenvalue weighted by Gasteiger charge is 2.69. The average molecular weight is 568 g/mol. The lowest BCUT2D eigenvalue weighted by atomic mass is 9.33. The second kappa shape index (κ2) is 9.68. The Kier molecular flexibility index (Phi) is 7.27. The lowest BCUT2D eigenvalue weighted by Gasteiger charge is -2.70. The Morgan fingerprint density at radius 3 is 2.24 bits per heavy atom. The highest BCUT2D eigenvalue weighted by molar-refractivity contribution is 5.88. The zero-order chi connectivity index (χ0) is 30.4. The van der Waals surface area contributed by atoms with E-state index >= 15 is 0 Å². The highest BCUT2D eigenvalue weighted by Crippen LogP contribution is 2.75. The first-order valence-corrected chi connectivity index (χ1v) is 16.6. The van der Waals surface area contributed by atoms with Crippen LogP contribution in [0.15, 0.2) is 11.6 Å². The molecule has 5 nitrogen and oxygen atoms in total. The van der Waals surface area contributed by atoms with Crippen molar-refractivity contribution in [3.8, 4) is 0 Å². The Balaban J connectivity index is 1.54. The van der Waals surface area contributed by atoms with Crippen molar-refractivity contribution >= 4 is 17.7 Å². The lowest BCUT2D eigenvalue weighted by Crippen LogP contribution is -2.65. The van der Waals surface area contributed by atoms with E-state index in [0.717, 1.165) is 57.8 Å². The second-order valence-electron chi connectivity index (χ2n) is 17.5. The molecule has 0 aromatic rings. The maximum absolute atomic E-state index is 14.3. The minimum Gasteiger partial charge on any atom is -0.480 e. The van der Waals surface area contributed by atoms with Crippen LogP contribution in [0.1, 0.15) is 133 Å². The molecule has 0 spiro atoms. The van der Waals surface area contributed by atoms with Crippen molar-refractivity contribution in [2.75, 3.05) is 0 Å². The number of aliphatic carboxylic acids is 1. The maximum atomic E-state index is 14.3. The van der Waals surface area contributed by atoms with Gasteiger partial charge in [0, 0.05) is 11.8 Å². The fourth-order valence-electron chi connectivity index (χ4n) is 11.4. The third-order valence-electron chi connectivity index (χ3n) is 14.1. The number of rotatable bonds is 5. The van der Waals surface area contributed by atoms with Crippen LogP contribution in [0.5, 0.6) is 0 Å². The van der Waals surface area contributed by atoms with Gasteiger partial charge in [-0.2, -0.15) is 0 Å². The molecule has 5 aliphatic carbocycles. The summed E-state index contributed by atoms with van der Waals surface area (Å²) < 4.78 is 0. The number of carboxylic acids is 1. The van der Waals surface area contributed by atoms with Crippen LogP contribution in [-0.2, 0) is 14.4 Å². The highest BCUT2D eigenvalue weighted by atomic mass is 16.4. The van der Waals surface area contributed by atoms with Gasteiger partial charge in [-0.15, -0.1) is 0 Å². The number of ketones is 1. The molecule has 4 fully saturated rings. The predicted octanol–water partition coefficient (Wildman–Crippen LogP) is 7.97. The SMILES string of the molecule is CC(C)C[C@H](NC(=O)[C@]12CCC(C)(C)C[C@H]1C1=CC[C@@H]3[C@@]4(C)CCC(=O)C(C)(C)[C@@H]4CC[C@@]3(C)[C@]1(C)CC2)C(=O)O. The van der Waals surface area contributed by atoms with Crippen LogP contribution in [-0.4, -0.2) is 28.8 Å². The quantitative estimate of drug-likeness (QED) is 0.330. The largest absolute Gasteiger partial charge is 0.480 e. The topological polar surface area (TPSA) is 83.5 Å². The van der Waals surface area contributed by atoms with Crippen molar-refractivity contribution in [3.63, 3.8) is 0 Å². The fourth-order valence-corrected chi connectivity index (χ4v) is 11.4. The first-order valence-electron chi connectivity index (χ1n) is 16.6. The van der Waals surface area contributed by atoms with Crippen molar-refractivity contribution in [3.05, 3.63) is 11.6 Å². The Bertz CT molecular complexity index is 1150. The van der Waals surface area contributed by atoms with E-state index in [4.69, 9.17) is 0 Å². The normalized spacial score (nSPS) is 43.5. The van der Waals surface area contributed by atoms with Crippen molar-refractivity contribution in [1.29, 1.82) is 0 Å². The molecule has 0 unspecified atom stereocenters. The number of amides is 1. The molecular formula is C36H57NO4. The van der Waals surface area contributed by atoms with Gasteiger partial charge in [0.05, 0.1) is 5.41 Å². The van der Waals surface area contributed by atoms with Crippen LogP contribution in [0.25, 0.3) is 0 Å². The molecule has 4 saturated carbocycles. The van der Waals surface area contributed by atoms with Gasteiger partial charge < -0.3 is 10.4 Å². The summed E-state index contributed by atoms with van der Waals surface area (Å²) in [5, 5.41) is 13.0.